The Labute approximate surface area is 216 Å². The topological polar surface area (TPSA) is 222 Å². The highest BCUT2D eigenvalue weighted by Gasteiger charge is 2.33. The quantitative estimate of drug-likeness (QED) is 0.165. The predicted molar refractivity (Wildman–Crippen MR) is 133 cm³/mol. The number of ether oxygens (including phenoxy) is 1. The number of phenolic OH excluding ortho intramolecular Hbond substituents is 4. The number of phenols is 4. The van der Waals surface area contributed by atoms with Gasteiger partial charge in [0.15, 0.2) is 11.5 Å². The van der Waals surface area contributed by atoms with Crippen molar-refractivity contribution in [2.45, 2.75) is 56.0 Å². The first-order valence-electron chi connectivity index (χ1n) is 12.3. The van der Waals surface area contributed by atoms with Crippen LogP contribution in [0.4, 0.5) is 0 Å². The van der Waals surface area contributed by atoms with Crippen molar-refractivity contribution >= 4 is 21.9 Å². The normalized spacial score (nSPS) is 27.7. The highest BCUT2D eigenvalue weighted by molar-refractivity contribution is 5.96. The monoisotopic (exact) mass is 536 g/mol. The van der Waals surface area contributed by atoms with Crippen molar-refractivity contribution in [1.82, 2.24) is 0 Å². The zero-order chi connectivity index (χ0) is 27.7. The van der Waals surface area contributed by atoms with Crippen molar-refractivity contribution in [1.29, 1.82) is 0 Å². The molecule has 2 aromatic carbocycles. The lowest BCUT2D eigenvalue weighted by atomic mass is 9.76. The third kappa shape index (κ3) is 5.51. The molecule has 6 atom stereocenters. The van der Waals surface area contributed by atoms with Crippen molar-refractivity contribution in [2.75, 3.05) is 19.8 Å². The van der Waals surface area contributed by atoms with Crippen molar-refractivity contribution in [3.63, 3.8) is 0 Å². The van der Waals surface area contributed by atoms with Crippen LogP contribution in [0.5, 0.6) is 23.0 Å². The molecule has 0 spiro atoms. The molecule has 3 aromatic rings. The zero-order valence-electron chi connectivity index (χ0n) is 20.4. The summed E-state index contributed by atoms with van der Waals surface area (Å²) in [4.78, 5) is 12.9. The van der Waals surface area contributed by atoms with E-state index in [-0.39, 0.29) is 65.4 Å². The molecule has 2 heterocycles. The molecule has 0 bridgehead atoms. The summed E-state index contributed by atoms with van der Waals surface area (Å²) >= 11 is 0. The van der Waals surface area contributed by atoms with E-state index in [9.17, 15) is 35.4 Å². The van der Waals surface area contributed by atoms with E-state index >= 15 is 0 Å². The van der Waals surface area contributed by atoms with Crippen LogP contribution in [-0.2, 0) is 4.74 Å². The molecule has 5 unspecified atom stereocenters. The number of aliphatic hydroxyl groups is 5. The largest absolute Gasteiger partial charge is 0.507 e. The Morgan fingerprint density at radius 2 is 1.47 bits per heavy atom. The number of hydrogen-bond donors (Lipinski definition) is 9. The van der Waals surface area contributed by atoms with Gasteiger partial charge in [-0.05, 0) is 37.2 Å². The maximum absolute atomic E-state index is 12.9. The van der Waals surface area contributed by atoms with E-state index in [1.54, 1.807) is 0 Å². The van der Waals surface area contributed by atoms with Gasteiger partial charge in [0.25, 0.3) is 0 Å². The minimum absolute atomic E-state index is 0.00668. The van der Waals surface area contributed by atoms with E-state index in [4.69, 9.17) is 24.5 Å². The standard InChI is InChI=1S/C20H20O8.C6H12O4/c21-7-8-1-9(3-10(22)2-8)17-14(25)6-16-18(20(17)27)19(26)11-4-12(23)13(24)5-15(11)28-16;7-2-6-5(9)1-4(8)3-10-6/h4-6,8-10,21-25,27H,1-3,7H2;4-9H,1-3H2/t;4?,5?,6-/m.1/s1. The van der Waals surface area contributed by atoms with E-state index in [2.05, 4.69) is 0 Å². The summed E-state index contributed by atoms with van der Waals surface area (Å²) in [5.74, 6) is -2.34. The van der Waals surface area contributed by atoms with Gasteiger partial charge in [-0.2, -0.15) is 0 Å². The minimum atomic E-state index is -0.728. The number of rotatable bonds is 3. The van der Waals surface area contributed by atoms with Gasteiger partial charge < -0.3 is 55.1 Å². The van der Waals surface area contributed by atoms with Crippen LogP contribution in [0.25, 0.3) is 21.9 Å². The summed E-state index contributed by atoms with van der Waals surface area (Å²) in [7, 11) is 0. The van der Waals surface area contributed by atoms with Crippen LogP contribution < -0.4 is 5.43 Å². The molecule has 12 heteroatoms. The van der Waals surface area contributed by atoms with Crippen molar-refractivity contribution in [3.8, 4) is 23.0 Å². The van der Waals surface area contributed by atoms with Crippen LogP contribution >= 0.6 is 0 Å². The second-order valence-corrected chi connectivity index (χ2v) is 9.92. The summed E-state index contributed by atoms with van der Waals surface area (Å²) in [6.07, 6.45) is -1.08. The number of aromatic hydroxyl groups is 4. The first-order valence-corrected chi connectivity index (χ1v) is 12.3. The molecule has 208 valence electrons. The molecule has 1 aromatic heterocycles. The van der Waals surface area contributed by atoms with E-state index in [0.717, 1.165) is 12.1 Å². The maximum Gasteiger partial charge on any atom is 0.204 e. The van der Waals surface area contributed by atoms with Gasteiger partial charge in [-0.15, -0.1) is 0 Å². The first kappa shape index (κ1) is 27.9. The number of fused-ring (bicyclic) bond motifs is 2. The van der Waals surface area contributed by atoms with Gasteiger partial charge in [0, 0.05) is 30.7 Å². The van der Waals surface area contributed by atoms with Crippen molar-refractivity contribution < 1.29 is 55.1 Å². The van der Waals surface area contributed by atoms with Crippen LogP contribution in [0.2, 0.25) is 0 Å². The van der Waals surface area contributed by atoms with Gasteiger partial charge >= 0.3 is 0 Å². The fourth-order valence-corrected chi connectivity index (χ4v) is 5.23. The zero-order valence-corrected chi connectivity index (χ0v) is 20.4. The summed E-state index contributed by atoms with van der Waals surface area (Å²) in [5.41, 5.74) is -0.580. The Bertz CT molecular complexity index is 1350. The van der Waals surface area contributed by atoms with Gasteiger partial charge in [-0.1, -0.05) is 0 Å². The van der Waals surface area contributed by atoms with E-state index in [1.807, 2.05) is 0 Å². The molecule has 0 radical (unpaired) electrons. The highest BCUT2D eigenvalue weighted by Crippen LogP contribution is 2.46. The van der Waals surface area contributed by atoms with Crippen LogP contribution in [-0.4, -0.2) is 90.2 Å². The molecule has 38 heavy (non-hydrogen) atoms. The fourth-order valence-electron chi connectivity index (χ4n) is 5.23. The van der Waals surface area contributed by atoms with E-state index in [0.29, 0.717) is 19.3 Å². The summed E-state index contributed by atoms with van der Waals surface area (Å²) in [6.45, 7) is -0.103. The molecule has 2 fully saturated rings. The first-order chi connectivity index (χ1) is 18.0. The van der Waals surface area contributed by atoms with Crippen molar-refractivity contribution in [2.24, 2.45) is 5.92 Å². The molecule has 0 amide bonds. The number of aliphatic hydroxyl groups excluding tert-OH is 5. The highest BCUT2D eigenvalue weighted by atomic mass is 16.5. The minimum Gasteiger partial charge on any atom is -0.507 e. The van der Waals surface area contributed by atoms with Gasteiger partial charge in [0.2, 0.25) is 5.43 Å². The molecular formula is C26H32O12. The van der Waals surface area contributed by atoms with Crippen LogP contribution in [0, 0.1) is 5.92 Å². The molecule has 2 aliphatic rings. The Morgan fingerprint density at radius 3 is 2.13 bits per heavy atom. The SMILES string of the molecule is O=c1c2cc(O)c(O)cc2oc2cc(O)c(C3CC(O)CC(CO)C3)c(O)c12.OC[C@H]1OCC(O)CC1O. The summed E-state index contributed by atoms with van der Waals surface area (Å²) < 4.78 is 10.5. The van der Waals surface area contributed by atoms with Crippen LogP contribution in [0.15, 0.2) is 27.4 Å². The number of benzene rings is 2. The lowest BCUT2D eigenvalue weighted by molar-refractivity contribution is -0.136. The van der Waals surface area contributed by atoms with E-state index < -0.39 is 53.0 Å². The second kappa shape index (κ2) is 11.3. The van der Waals surface area contributed by atoms with Gasteiger partial charge in [0.1, 0.15) is 34.2 Å². The molecule has 1 saturated heterocycles. The smallest absolute Gasteiger partial charge is 0.204 e. The molecule has 9 N–H and O–H groups in total. The van der Waals surface area contributed by atoms with Gasteiger partial charge in [-0.25, -0.2) is 0 Å². The Kier molecular flexibility index (Phi) is 8.31. The maximum atomic E-state index is 12.9. The predicted octanol–water partition coefficient (Wildman–Crippen LogP) is 0.495. The Hall–Kier alpha value is -3.13. The molecule has 1 saturated carbocycles. The Morgan fingerprint density at radius 1 is 0.789 bits per heavy atom. The van der Waals surface area contributed by atoms with Gasteiger partial charge in [0.05, 0.1) is 36.9 Å². The summed E-state index contributed by atoms with van der Waals surface area (Å²) in [6, 6.07) is 3.34. The Balaban J connectivity index is 0.000000283. The fraction of sp³-hybridized carbons (Fsp3) is 0.500. The average Bonchev–Trinajstić information content (AvgIpc) is 2.85. The molecule has 1 aliphatic heterocycles. The second-order valence-electron chi connectivity index (χ2n) is 9.92. The van der Waals surface area contributed by atoms with Crippen molar-refractivity contribution in [3.05, 3.63) is 34.0 Å². The third-order valence-corrected chi connectivity index (χ3v) is 7.12. The lowest BCUT2D eigenvalue weighted by Crippen LogP contribution is -2.42. The molecule has 1 aliphatic carbocycles. The van der Waals surface area contributed by atoms with E-state index in [1.165, 1.54) is 6.07 Å². The third-order valence-electron chi connectivity index (χ3n) is 7.12. The lowest BCUT2D eigenvalue weighted by Gasteiger charge is -2.32. The molecular weight excluding hydrogens is 504 g/mol. The molecule has 5 rings (SSSR count). The molecule has 12 nitrogen and oxygen atoms in total. The van der Waals surface area contributed by atoms with Crippen LogP contribution in [0.3, 0.4) is 0 Å². The average molecular weight is 537 g/mol. The van der Waals surface area contributed by atoms with Gasteiger partial charge in [-0.3, -0.25) is 4.79 Å². The summed E-state index contributed by atoms with van der Waals surface area (Å²) in [5, 5.41) is 86.6. The van der Waals surface area contributed by atoms with Crippen LogP contribution in [0.1, 0.15) is 37.2 Å². The number of hydrogen-bond acceptors (Lipinski definition) is 12.